The zero-order valence-corrected chi connectivity index (χ0v) is 12.2. The van der Waals surface area contributed by atoms with Gasteiger partial charge < -0.3 is 9.64 Å². The molecule has 0 fully saturated rings. The number of ketones is 1. The third-order valence-corrected chi connectivity index (χ3v) is 3.10. The van der Waals surface area contributed by atoms with Gasteiger partial charge in [-0.2, -0.15) is 5.10 Å². The Morgan fingerprint density at radius 1 is 1.47 bits per heavy atom. The largest absolute Gasteiger partial charge is 0.482 e. The Labute approximate surface area is 113 Å². The Hall–Kier alpha value is -1.78. The first-order chi connectivity index (χ1) is 8.95. The fraction of sp³-hybridized carbons (Fsp3) is 0.571. The smallest absolute Gasteiger partial charge is 0.232 e. The van der Waals surface area contributed by atoms with E-state index >= 15 is 0 Å². The Bertz CT molecular complexity index is 527. The summed E-state index contributed by atoms with van der Waals surface area (Å²) in [4.78, 5) is 14.4. The monoisotopic (exact) mass is 263 g/mol. The zero-order chi connectivity index (χ0) is 14.2. The van der Waals surface area contributed by atoms with Crippen molar-refractivity contribution in [3.63, 3.8) is 0 Å². The van der Waals surface area contributed by atoms with Crippen LogP contribution in [0.2, 0.25) is 0 Å². The number of nitrogens with zero attached hydrogens (tertiary/aromatic N) is 3. The maximum atomic E-state index is 12.5. The fourth-order valence-corrected chi connectivity index (χ4v) is 2.37. The van der Waals surface area contributed by atoms with Crippen molar-refractivity contribution in [1.82, 2.24) is 14.7 Å². The molecule has 0 amide bonds. The molecule has 1 aromatic heterocycles. The number of Topliss-reactive ketones (excluding diaryl/α,β-unsaturated/α-hetero) is 1. The standard InChI is InChI=1S/C14H21N3O2/c1-6-17-13(9(2)3)12-10(15-17)8-19-11(14(12)18)7-16(4)5/h7,9H,6,8H2,1-5H3/b11-7-. The van der Waals surface area contributed by atoms with E-state index in [0.717, 1.165) is 23.5 Å². The minimum Gasteiger partial charge on any atom is -0.482 e. The lowest BCUT2D eigenvalue weighted by molar-refractivity contribution is 0.0850. The molecular formula is C14H21N3O2. The van der Waals surface area contributed by atoms with E-state index in [4.69, 9.17) is 4.74 Å². The van der Waals surface area contributed by atoms with Crippen LogP contribution >= 0.6 is 0 Å². The van der Waals surface area contributed by atoms with Crippen LogP contribution in [-0.4, -0.2) is 34.6 Å². The Morgan fingerprint density at radius 3 is 2.68 bits per heavy atom. The van der Waals surface area contributed by atoms with Gasteiger partial charge in [0.25, 0.3) is 0 Å². The lowest BCUT2D eigenvalue weighted by Gasteiger charge is -2.18. The molecule has 1 aromatic rings. The molecule has 0 aliphatic carbocycles. The van der Waals surface area contributed by atoms with Crippen molar-refractivity contribution in [2.75, 3.05) is 14.1 Å². The Morgan fingerprint density at radius 2 is 2.16 bits per heavy atom. The van der Waals surface area contributed by atoms with E-state index in [1.165, 1.54) is 0 Å². The molecule has 0 unspecified atom stereocenters. The highest BCUT2D eigenvalue weighted by molar-refractivity contribution is 6.09. The van der Waals surface area contributed by atoms with Gasteiger partial charge in [-0.25, -0.2) is 0 Å². The minimum atomic E-state index is -0.0571. The fourth-order valence-electron chi connectivity index (χ4n) is 2.37. The summed E-state index contributed by atoms with van der Waals surface area (Å²) in [6.07, 6.45) is 1.72. The molecule has 0 bridgehead atoms. The number of allylic oxidation sites excluding steroid dienone is 1. The van der Waals surface area contributed by atoms with Crippen molar-refractivity contribution in [2.24, 2.45) is 0 Å². The summed E-state index contributed by atoms with van der Waals surface area (Å²) in [6, 6.07) is 0. The first-order valence-electron chi connectivity index (χ1n) is 6.61. The van der Waals surface area contributed by atoms with Crippen LogP contribution in [0.15, 0.2) is 12.0 Å². The van der Waals surface area contributed by atoms with Gasteiger partial charge in [-0.3, -0.25) is 9.48 Å². The molecule has 1 aliphatic rings. The van der Waals surface area contributed by atoms with Crippen LogP contribution in [0, 0.1) is 0 Å². The summed E-state index contributed by atoms with van der Waals surface area (Å²) < 4.78 is 7.43. The van der Waals surface area contributed by atoms with Crippen LogP contribution in [0.3, 0.4) is 0 Å². The summed E-state index contributed by atoms with van der Waals surface area (Å²) in [5, 5.41) is 4.48. The van der Waals surface area contributed by atoms with Gasteiger partial charge in [-0.05, 0) is 12.8 Å². The van der Waals surface area contributed by atoms with Crippen LogP contribution in [0.4, 0.5) is 0 Å². The summed E-state index contributed by atoms with van der Waals surface area (Å²) >= 11 is 0. The molecule has 0 saturated heterocycles. The topological polar surface area (TPSA) is 47.4 Å². The molecule has 0 aromatic carbocycles. The van der Waals surface area contributed by atoms with E-state index in [1.54, 1.807) is 6.20 Å². The third-order valence-electron chi connectivity index (χ3n) is 3.10. The summed E-state index contributed by atoms with van der Waals surface area (Å²) in [5.74, 6) is 0.604. The van der Waals surface area contributed by atoms with Gasteiger partial charge in [0, 0.05) is 26.8 Å². The Balaban J connectivity index is 2.53. The summed E-state index contributed by atoms with van der Waals surface area (Å²) in [7, 11) is 3.75. The van der Waals surface area contributed by atoms with Crippen LogP contribution in [0.1, 0.15) is 48.4 Å². The number of carbonyl (C=O) groups is 1. The Kier molecular flexibility index (Phi) is 3.64. The number of aryl methyl sites for hydroxylation is 1. The third kappa shape index (κ3) is 2.37. The average Bonchev–Trinajstić information content (AvgIpc) is 2.71. The van der Waals surface area contributed by atoms with E-state index in [2.05, 4.69) is 18.9 Å². The number of hydrogen-bond donors (Lipinski definition) is 0. The molecule has 0 atom stereocenters. The molecule has 0 saturated carbocycles. The first kappa shape index (κ1) is 13.6. The van der Waals surface area contributed by atoms with E-state index in [9.17, 15) is 4.79 Å². The number of carbonyl (C=O) groups excluding carboxylic acids is 1. The maximum Gasteiger partial charge on any atom is 0.232 e. The van der Waals surface area contributed by atoms with Crippen molar-refractivity contribution in [2.45, 2.75) is 39.8 Å². The molecule has 0 N–H and O–H groups in total. The van der Waals surface area contributed by atoms with E-state index in [1.807, 2.05) is 30.6 Å². The lowest BCUT2D eigenvalue weighted by Crippen LogP contribution is -2.19. The molecule has 104 valence electrons. The normalized spacial score (nSPS) is 16.7. The number of fused-ring (bicyclic) bond motifs is 1. The second-order valence-electron chi connectivity index (χ2n) is 5.25. The highest BCUT2D eigenvalue weighted by atomic mass is 16.5. The number of aromatic nitrogens is 2. The van der Waals surface area contributed by atoms with E-state index < -0.39 is 0 Å². The summed E-state index contributed by atoms with van der Waals surface area (Å²) in [6.45, 7) is 7.34. The van der Waals surface area contributed by atoms with Gasteiger partial charge in [0.2, 0.25) is 5.78 Å². The highest BCUT2D eigenvalue weighted by Crippen LogP contribution is 2.30. The molecule has 5 heteroatoms. The molecule has 5 nitrogen and oxygen atoms in total. The molecule has 1 aliphatic heterocycles. The van der Waals surface area contributed by atoms with Crippen LogP contribution in [0.5, 0.6) is 0 Å². The van der Waals surface area contributed by atoms with Gasteiger partial charge in [0.05, 0.1) is 11.3 Å². The van der Waals surface area contributed by atoms with Crippen molar-refractivity contribution in [3.05, 3.63) is 28.9 Å². The summed E-state index contributed by atoms with van der Waals surface area (Å²) in [5.41, 5.74) is 2.50. The highest BCUT2D eigenvalue weighted by Gasteiger charge is 2.32. The molecule has 0 spiro atoms. The maximum absolute atomic E-state index is 12.5. The predicted octanol–water partition coefficient (Wildman–Crippen LogP) is 2.14. The van der Waals surface area contributed by atoms with Gasteiger partial charge in [-0.1, -0.05) is 13.8 Å². The van der Waals surface area contributed by atoms with Gasteiger partial charge >= 0.3 is 0 Å². The number of hydrogen-bond acceptors (Lipinski definition) is 4. The van der Waals surface area contributed by atoms with Crippen molar-refractivity contribution < 1.29 is 9.53 Å². The van der Waals surface area contributed by atoms with Gasteiger partial charge in [0.15, 0.2) is 5.76 Å². The number of rotatable bonds is 3. The zero-order valence-electron chi connectivity index (χ0n) is 12.2. The van der Waals surface area contributed by atoms with Crippen molar-refractivity contribution >= 4 is 5.78 Å². The van der Waals surface area contributed by atoms with Crippen molar-refractivity contribution in [1.29, 1.82) is 0 Å². The molecule has 2 rings (SSSR count). The molecule has 19 heavy (non-hydrogen) atoms. The van der Waals surface area contributed by atoms with Crippen molar-refractivity contribution in [3.8, 4) is 0 Å². The van der Waals surface area contributed by atoms with Crippen LogP contribution < -0.4 is 0 Å². The predicted molar refractivity (Wildman–Crippen MR) is 72.9 cm³/mol. The lowest BCUT2D eigenvalue weighted by atomic mass is 9.98. The van der Waals surface area contributed by atoms with E-state index in [-0.39, 0.29) is 11.7 Å². The second kappa shape index (κ2) is 5.07. The molecular weight excluding hydrogens is 242 g/mol. The molecule has 2 heterocycles. The van der Waals surface area contributed by atoms with E-state index in [0.29, 0.717) is 12.4 Å². The quantitative estimate of drug-likeness (QED) is 0.784. The second-order valence-corrected chi connectivity index (χ2v) is 5.25. The average molecular weight is 263 g/mol. The molecule has 0 radical (unpaired) electrons. The first-order valence-corrected chi connectivity index (χ1v) is 6.61. The van der Waals surface area contributed by atoms with Gasteiger partial charge in [0.1, 0.15) is 12.3 Å². The minimum absolute atomic E-state index is 0.0571. The van der Waals surface area contributed by atoms with Crippen LogP contribution in [-0.2, 0) is 17.9 Å². The number of ether oxygens (including phenoxy) is 1. The van der Waals surface area contributed by atoms with Crippen LogP contribution in [0.25, 0.3) is 0 Å². The van der Waals surface area contributed by atoms with Gasteiger partial charge in [-0.15, -0.1) is 0 Å². The SMILES string of the molecule is CCn1nc2c(c1C(C)C)C(=O)/C(=C/N(C)C)OC2.